The zero-order valence-electron chi connectivity index (χ0n) is 20.1. The molecule has 2 aromatic heterocycles. The number of imidazole rings is 1. The molecule has 0 saturated carbocycles. The summed E-state index contributed by atoms with van der Waals surface area (Å²) in [4.78, 5) is 3.80. The zero-order chi connectivity index (χ0) is 24.3. The second-order valence-electron chi connectivity index (χ2n) is 9.72. The Morgan fingerprint density at radius 3 is 1.68 bits per heavy atom. The van der Waals surface area contributed by atoms with Gasteiger partial charge in [-0.25, -0.2) is 4.98 Å². The Bertz CT molecular complexity index is 2150. The van der Waals surface area contributed by atoms with E-state index in [2.05, 4.69) is 143 Å². The maximum Gasteiger partial charge on any atom is 0.284 e. The van der Waals surface area contributed by atoms with E-state index in [4.69, 9.17) is 0 Å². The van der Waals surface area contributed by atoms with Gasteiger partial charge in [-0.05, 0) is 61.6 Å². The molecular weight excluding hydrogens is 448 g/mol. The van der Waals surface area contributed by atoms with E-state index in [-0.39, 0.29) is 0 Å². The van der Waals surface area contributed by atoms with E-state index in [0.29, 0.717) is 0 Å². The number of hydrogen-bond donors (Lipinski definition) is 1. The monoisotopic (exact) mass is 471 g/mol. The maximum absolute atomic E-state index is 3.80. The normalized spacial score (nSPS) is 11.8. The van der Waals surface area contributed by atoms with Crippen molar-refractivity contribution in [2.24, 2.45) is 0 Å². The summed E-state index contributed by atoms with van der Waals surface area (Å²) >= 11 is 0. The smallest absolute Gasteiger partial charge is 0.236 e. The van der Waals surface area contributed by atoms with Gasteiger partial charge < -0.3 is 0 Å². The van der Waals surface area contributed by atoms with Crippen LogP contribution in [0.2, 0.25) is 0 Å². The first kappa shape index (κ1) is 20.3. The van der Waals surface area contributed by atoms with Gasteiger partial charge in [0.15, 0.2) is 11.0 Å². The first-order chi connectivity index (χ1) is 18.3. The van der Waals surface area contributed by atoms with Crippen molar-refractivity contribution in [3.63, 3.8) is 0 Å². The van der Waals surface area contributed by atoms with Crippen molar-refractivity contribution in [2.45, 2.75) is 0 Å². The van der Waals surface area contributed by atoms with Crippen molar-refractivity contribution in [1.29, 1.82) is 0 Å². The molecule has 0 atom stereocenters. The van der Waals surface area contributed by atoms with Crippen LogP contribution in [0.4, 0.5) is 0 Å². The molecule has 0 fully saturated rings. The maximum atomic E-state index is 3.80. The molecule has 0 unspecified atom stereocenters. The Balaban J connectivity index is 1.57. The summed E-state index contributed by atoms with van der Waals surface area (Å²) in [5.41, 5.74) is 8.38. The van der Waals surface area contributed by atoms with Crippen molar-refractivity contribution in [3.05, 3.63) is 134 Å². The van der Waals surface area contributed by atoms with Crippen LogP contribution >= 0.6 is 0 Å². The van der Waals surface area contributed by atoms with Crippen molar-refractivity contribution in [3.8, 4) is 22.3 Å². The number of aromatic amines is 1. The predicted octanol–water partition coefficient (Wildman–Crippen LogP) is 8.70. The molecule has 0 spiro atoms. The Morgan fingerprint density at radius 1 is 0.459 bits per heavy atom. The third-order valence-corrected chi connectivity index (χ3v) is 7.62. The van der Waals surface area contributed by atoms with Crippen LogP contribution in [-0.4, -0.2) is 4.98 Å². The number of fused-ring (bicyclic) bond motifs is 6. The van der Waals surface area contributed by atoms with Gasteiger partial charge in [-0.2, -0.15) is 4.40 Å². The molecule has 8 aromatic rings. The molecule has 2 heterocycles. The largest absolute Gasteiger partial charge is 0.284 e. The van der Waals surface area contributed by atoms with Crippen molar-refractivity contribution >= 4 is 49.0 Å². The minimum absolute atomic E-state index is 1.08. The molecule has 172 valence electrons. The van der Waals surface area contributed by atoms with Crippen LogP contribution in [0.25, 0.3) is 71.3 Å². The van der Waals surface area contributed by atoms with E-state index in [1.165, 1.54) is 60.1 Å². The highest BCUT2D eigenvalue weighted by Gasteiger charge is 2.25. The molecule has 0 aliphatic heterocycles. The number of H-pyrrole nitrogens is 1. The molecule has 1 N–H and O–H groups in total. The fourth-order valence-electron chi connectivity index (χ4n) is 5.94. The molecule has 2 heteroatoms. The number of aromatic nitrogens is 2. The highest BCUT2D eigenvalue weighted by Crippen LogP contribution is 2.43. The van der Waals surface area contributed by atoms with Crippen LogP contribution in [0.1, 0.15) is 0 Å². The van der Waals surface area contributed by atoms with Crippen molar-refractivity contribution in [1.82, 2.24) is 4.98 Å². The predicted molar refractivity (Wildman–Crippen MR) is 155 cm³/mol. The molecule has 0 bridgehead atoms. The van der Waals surface area contributed by atoms with Gasteiger partial charge in [-0.3, -0.25) is 0 Å². The third kappa shape index (κ3) is 3.03. The molecule has 0 amide bonds. The fraction of sp³-hybridized carbons (Fsp3) is 0. The summed E-state index contributed by atoms with van der Waals surface area (Å²) in [6.07, 6.45) is 2.16. The van der Waals surface area contributed by atoms with Crippen LogP contribution in [-0.2, 0) is 0 Å². The van der Waals surface area contributed by atoms with E-state index in [9.17, 15) is 0 Å². The van der Waals surface area contributed by atoms with Crippen LogP contribution < -0.4 is 4.40 Å². The van der Waals surface area contributed by atoms with Gasteiger partial charge in [0.2, 0.25) is 0 Å². The van der Waals surface area contributed by atoms with Crippen LogP contribution in [0, 0.1) is 0 Å². The third-order valence-electron chi connectivity index (χ3n) is 7.62. The summed E-state index contributed by atoms with van der Waals surface area (Å²) < 4.78 is 2.30. The van der Waals surface area contributed by atoms with Gasteiger partial charge >= 0.3 is 0 Å². The molecule has 8 rings (SSSR count). The summed E-state index contributed by atoms with van der Waals surface area (Å²) in [6, 6.07) is 46.0. The first-order valence-electron chi connectivity index (χ1n) is 12.7. The lowest BCUT2D eigenvalue weighted by atomic mass is 9.89. The van der Waals surface area contributed by atoms with Gasteiger partial charge in [0.25, 0.3) is 5.65 Å². The zero-order valence-corrected chi connectivity index (χ0v) is 20.1. The van der Waals surface area contributed by atoms with E-state index in [0.717, 1.165) is 11.2 Å². The minimum atomic E-state index is 1.08. The number of nitrogens with zero attached hydrogens (tertiary/aromatic N) is 1. The number of hydrogen-bond acceptors (Lipinski definition) is 0. The second-order valence-corrected chi connectivity index (χ2v) is 9.72. The molecule has 0 saturated heterocycles. The molecule has 37 heavy (non-hydrogen) atoms. The lowest BCUT2D eigenvalue weighted by molar-refractivity contribution is -0.480. The number of benzene rings is 6. The summed E-state index contributed by atoms with van der Waals surface area (Å²) in [6.45, 7) is 0. The average molecular weight is 472 g/mol. The van der Waals surface area contributed by atoms with Crippen molar-refractivity contribution in [2.75, 3.05) is 0 Å². The number of nitrogens with one attached hydrogen (secondary N) is 1. The van der Waals surface area contributed by atoms with Gasteiger partial charge in [0.1, 0.15) is 0 Å². The van der Waals surface area contributed by atoms with Crippen LogP contribution in [0.3, 0.4) is 0 Å². The first-order valence-corrected chi connectivity index (χ1v) is 12.7. The molecule has 2 nitrogen and oxygen atoms in total. The summed E-state index contributed by atoms with van der Waals surface area (Å²) in [5.74, 6) is 0. The van der Waals surface area contributed by atoms with Gasteiger partial charge in [0, 0.05) is 17.2 Å². The summed E-state index contributed by atoms with van der Waals surface area (Å²) in [5, 5.41) is 7.52. The lowest BCUT2D eigenvalue weighted by Crippen LogP contribution is -2.19. The molecular formula is C35H23N2+. The van der Waals surface area contributed by atoms with E-state index < -0.39 is 0 Å². The SMILES string of the molecule is c1ccc2cc(-c3c4ccccc4c(-c4ccc5ccccc5c4)c4c3[nH]c3cccc[n+]34)ccc2c1. The molecule has 6 aromatic carbocycles. The van der Waals surface area contributed by atoms with E-state index in [1.807, 2.05) is 0 Å². The van der Waals surface area contributed by atoms with Crippen LogP contribution in [0.15, 0.2) is 134 Å². The molecule has 0 radical (unpaired) electrons. The standard InChI is InChI=1S/C35H22N2/c1-3-11-25-21-27(18-16-23(25)9-1)32-29-13-5-6-14-30(29)33(28-19-17-24-10-2-4-12-26(24)22-28)35-34(32)36-31-15-7-8-20-37(31)35/h1-22H/p+1. The molecule has 0 aliphatic rings. The Labute approximate surface area is 214 Å². The van der Waals surface area contributed by atoms with Gasteiger partial charge in [0.05, 0.1) is 6.20 Å². The van der Waals surface area contributed by atoms with E-state index >= 15 is 0 Å². The Morgan fingerprint density at radius 2 is 1.00 bits per heavy atom. The van der Waals surface area contributed by atoms with Crippen molar-refractivity contribution < 1.29 is 4.40 Å². The number of pyridine rings is 1. The summed E-state index contributed by atoms with van der Waals surface area (Å²) in [7, 11) is 0. The van der Waals surface area contributed by atoms with Crippen LogP contribution in [0.5, 0.6) is 0 Å². The lowest BCUT2D eigenvalue weighted by Gasteiger charge is -2.13. The number of rotatable bonds is 2. The second kappa shape index (κ2) is 7.78. The van der Waals surface area contributed by atoms with Gasteiger partial charge in [-0.1, -0.05) is 103 Å². The highest BCUT2D eigenvalue weighted by atomic mass is 15.0. The minimum Gasteiger partial charge on any atom is -0.236 e. The Kier molecular flexibility index (Phi) is 4.26. The van der Waals surface area contributed by atoms with Gasteiger partial charge in [-0.15, -0.1) is 0 Å². The fourth-order valence-corrected chi connectivity index (χ4v) is 5.94. The highest BCUT2D eigenvalue weighted by molar-refractivity contribution is 6.19. The Hall–Kier alpha value is -4.95. The topological polar surface area (TPSA) is 19.9 Å². The average Bonchev–Trinajstić information content (AvgIpc) is 3.34. The quantitative estimate of drug-likeness (QED) is 0.243. The molecule has 0 aliphatic carbocycles. The van der Waals surface area contributed by atoms with E-state index in [1.54, 1.807) is 0 Å².